The number of benzene rings is 1. The van der Waals surface area contributed by atoms with E-state index in [4.69, 9.17) is 0 Å². The topological polar surface area (TPSA) is 20.2 Å². The first kappa shape index (κ1) is 14.0. The lowest BCUT2D eigenvalue weighted by Gasteiger charge is -2.16. The van der Waals surface area contributed by atoms with Gasteiger partial charge in [0.05, 0.1) is 5.60 Å². The van der Waals surface area contributed by atoms with Gasteiger partial charge in [-0.25, -0.2) is 0 Å². The molecule has 0 saturated carbocycles. The van der Waals surface area contributed by atoms with Crippen LogP contribution in [0.25, 0.3) is 0 Å². The third-order valence-corrected chi connectivity index (χ3v) is 3.05. The minimum absolute atomic E-state index is 0.647. The molecule has 0 spiro atoms. The summed E-state index contributed by atoms with van der Waals surface area (Å²) in [7, 11) is -1.29. The molecule has 0 heterocycles. The van der Waals surface area contributed by atoms with E-state index in [0.29, 0.717) is 6.42 Å². The minimum atomic E-state index is -1.29. The summed E-state index contributed by atoms with van der Waals surface area (Å²) >= 11 is 0. The van der Waals surface area contributed by atoms with Crippen LogP contribution in [0.5, 0.6) is 0 Å². The van der Waals surface area contributed by atoms with Crippen molar-refractivity contribution in [2.24, 2.45) is 0 Å². The van der Waals surface area contributed by atoms with Crippen molar-refractivity contribution in [3.8, 4) is 11.5 Å². The molecule has 0 aliphatic carbocycles. The van der Waals surface area contributed by atoms with Crippen LogP contribution in [0.4, 0.5) is 0 Å². The zero-order chi connectivity index (χ0) is 13.1. The van der Waals surface area contributed by atoms with Crippen molar-refractivity contribution in [1.29, 1.82) is 0 Å². The summed E-state index contributed by atoms with van der Waals surface area (Å²) in [4.78, 5) is 0. The molecule has 0 amide bonds. The molecule has 0 fully saturated rings. The summed E-state index contributed by atoms with van der Waals surface area (Å²) in [6.45, 7) is 10.4. The van der Waals surface area contributed by atoms with Crippen LogP contribution in [0, 0.1) is 11.5 Å². The SMILES string of the molecule is CC(C)(O)Cc1ccc(C#C[Si](C)(C)C)cc1. The minimum Gasteiger partial charge on any atom is -0.390 e. The Kier molecular flexibility index (Phi) is 4.19. The summed E-state index contributed by atoms with van der Waals surface area (Å²) in [5, 5.41) is 9.73. The third kappa shape index (κ3) is 6.30. The molecule has 92 valence electrons. The van der Waals surface area contributed by atoms with Crippen LogP contribution in [0.1, 0.15) is 25.0 Å². The second-order valence-electron chi connectivity index (χ2n) is 6.19. The molecule has 1 rings (SSSR count). The molecule has 0 aliphatic rings. The van der Waals surface area contributed by atoms with Gasteiger partial charge in [-0.1, -0.05) is 37.7 Å². The quantitative estimate of drug-likeness (QED) is 0.627. The molecule has 1 nitrogen and oxygen atoms in total. The van der Waals surface area contributed by atoms with Crippen LogP contribution in [0.2, 0.25) is 19.6 Å². The zero-order valence-electron chi connectivity index (χ0n) is 11.5. The summed E-state index contributed by atoms with van der Waals surface area (Å²) < 4.78 is 0. The predicted molar refractivity (Wildman–Crippen MR) is 76.7 cm³/mol. The smallest absolute Gasteiger partial charge is 0.129 e. The second-order valence-corrected chi connectivity index (χ2v) is 10.9. The maximum atomic E-state index is 9.73. The highest BCUT2D eigenvalue weighted by Crippen LogP contribution is 2.13. The fourth-order valence-electron chi connectivity index (χ4n) is 1.47. The average Bonchev–Trinajstić information content (AvgIpc) is 2.13. The van der Waals surface area contributed by atoms with E-state index in [2.05, 4.69) is 31.1 Å². The first-order chi connectivity index (χ1) is 7.66. The molecule has 0 aromatic heterocycles. The number of hydrogen-bond donors (Lipinski definition) is 1. The molecular weight excluding hydrogens is 224 g/mol. The summed E-state index contributed by atoms with van der Waals surface area (Å²) in [6.07, 6.45) is 0.675. The van der Waals surface area contributed by atoms with Gasteiger partial charge in [0.1, 0.15) is 8.07 Å². The summed E-state index contributed by atoms with van der Waals surface area (Å²) in [5.41, 5.74) is 4.91. The molecular formula is C15H22OSi. The van der Waals surface area contributed by atoms with Crippen LogP contribution >= 0.6 is 0 Å². The molecule has 0 bridgehead atoms. The van der Waals surface area contributed by atoms with Gasteiger partial charge in [-0.05, 0) is 31.5 Å². The summed E-state index contributed by atoms with van der Waals surface area (Å²) in [6, 6.07) is 8.17. The van der Waals surface area contributed by atoms with Gasteiger partial charge in [-0.3, -0.25) is 0 Å². The van der Waals surface area contributed by atoms with E-state index >= 15 is 0 Å². The van der Waals surface area contributed by atoms with Gasteiger partial charge in [-0.15, -0.1) is 5.54 Å². The van der Waals surface area contributed by atoms with Gasteiger partial charge in [0.15, 0.2) is 0 Å². The normalized spacial score (nSPS) is 11.9. The Morgan fingerprint density at radius 3 is 2.06 bits per heavy atom. The lowest BCUT2D eigenvalue weighted by atomic mass is 9.98. The summed E-state index contributed by atoms with van der Waals surface area (Å²) in [5.74, 6) is 3.22. The predicted octanol–water partition coefficient (Wildman–Crippen LogP) is 3.23. The number of hydrogen-bond acceptors (Lipinski definition) is 1. The van der Waals surface area contributed by atoms with Gasteiger partial charge in [-0.2, -0.15) is 0 Å². The Morgan fingerprint density at radius 2 is 1.65 bits per heavy atom. The number of rotatable bonds is 2. The lowest BCUT2D eigenvalue weighted by molar-refractivity contribution is 0.0810. The standard InChI is InChI=1S/C15H22OSi/c1-15(2,16)12-14-8-6-13(7-9-14)10-11-17(3,4)5/h6-9,16H,12H2,1-5H3. The molecule has 1 N–H and O–H groups in total. The molecule has 0 atom stereocenters. The molecule has 0 saturated heterocycles. The fourth-order valence-corrected chi connectivity index (χ4v) is 1.98. The van der Waals surface area contributed by atoms with Crippen molar-refractivity contribution >= 4 is 8.07 Å². The first-order valence-electron chi connectivity index (χ1n) is 6.00. The van der Waals surface area contributed by atoms with Crippen molar-refractivity contribution in [3.63, 3.8) is 0 Å². The van der Waals surface area contributed by atoms with Crippen molar-refractivity contribution < 1.29 is 5.11 Å². The van der Waals surface area contributed by atoms with Crippen LogP contribution < -0.4 is 0 Å². The van der Waals surface area contributed by atoms with Crippen molar-refractivity contribution in [1.82, 2.24) is 0 Å². The van der Waals surface area contributed by atoms with E-state index in [1.807, 2.05) is 38.1 Å². The number of aliphatic hydroxyl groups is 1. The molecule has 0 radical (unpaired) electrons. The Hall–Kier alpha value is -1.04. The third-order valence-electron chi connectivity index (χ3n) is 2.17. The Balaban J connectivity index is 2.78. The molecule has 1 aromatic rings. The molecule has 2 heteroatoms. The van der Waals surface area contributed by atoms with E-state index in [-0.39, 0.29) is 0 Å². The highest BCUT2D eigenvalue weighted by Gasteiger charge is 2.12. The van der Waals surface area contributed by atoms with E-state index < -0.39 is 13.7 Å². The van der Waals surface area contributed by atoms with Gasteiger partial charge in [0.2, 0.25) is 0 Å². The van der Waals surface area contributed by atoms with Crippen LogP contribution in [0.3, 0.4) is 0 Å². The second kappa shape index (κ2) is 5.08. The highest BCUT2D eigenvalue weighted by molar-refractivity contribution is 6.83. The molecule has 0 aliphatic heterocycles. The Labute approximate surface area is 106 Å². The van der Waals surface area contributed by atoms with E-state index in [9.17, 15) is 5.11 Å². The van der Waals surface area contributed by atoms with E-state index in [0.717, 1.165) is 11.1 Å². The largest absolute Gasteiger partial charge is 0.390 e. The maximum Gasteiger partial charge on any atom is 0.129 e. The van der Waals surface area contributed by atoms with Crippen molar-refractivity contribution in [2.45, 2.75) is 45.5 Å². The fraction of sp³-hybridized carbons (Fsp3) is 0.467. The lowest BCUT2D eigenvalue weighted by Crippen LogP contribution is -2.21. The maximum absolute atomic E-state index is 9.73. The van der Waals surface area contributed by atoms with Gasteiger partial charge < -0.3 is 5.11 Å². The van der Waals surface area contributed by atoms with E-state index in [1.54, 1.807) is 0 Å². The van der Waals surface area contributed by atoms with Crippen molar-refractivity contribution in [3.05, 3.63) is 35.4 Å². The molecule has 17 heavy (non-hydrogen) atoms. The Bertz CT molecular complexity index is 421. The average molecular weight is 246 g/mol. The van der Waals surface area contributed by atoms with Crippen LogP contribution in [0.15, 0.2) is 24.3 Å². The first-order valence-corrected chi connectivity index (χ1v) is 9.50. The highest BCUT2D eigenvalue weighted by atomic mass is 28.3. The molecule has 0 unspecified atom stereocenters. The van der Waals surface area contributed by atoms with Crippen LogP contribution in [-0.2, 0) is 6.42 Å². The van der Waals surface area contributed by atoms with Gasteiger partial charge in [0, 0.05) is 12.0 Å². The van der Waals surface area contributed by atoms with Gasteiger partial charge >= 0.3 is 0 Å². The van der Waals surface area contributed by atoms with Gasteiger partial charge in [0.25, 0.3) is 0 Å². The van der Waals surface area contributed by atoms with E-state index in [1.165, 1.54) is 0 Å². The molecule has 1 aromatic carbocycles. The monoisotopic (exact) mass is 246 g/mol. The Morgan fingerprint density at radius 1 is 1.12 bits per heavy atom. The zero-order valence-corrected chi connectivity index (χ0v) is 12.5. The van der Waals surface area contributed by atoms with Crippen molar-refractivity contribution in [2.75, 3.05) is 0 Å². The van der Waals surface area contributed by atoms with Crippen LogP contribution in [-0.4, -0.2) is 18.8 Å².